The summed E-state index contributed by atoms with van der Waals surface area (Å²) in [6.45, 7) is 9.57. The Morgan fingerprint density at radius 2 is 1.16 bits per heavy atom. The van der Waals surface area contributed by atoms with Gasteiger partial charge in [-0.3, -0.25) is 0 Å². The molecule has 9 aromatic rings. The number of benzene rings is 6. The molecule has 0 unspecified atom stereocenters. The molecule has 0 atom stereocenters. The van der Waals surface area contributed by atoms with Crippen LogP contribution in [0.1, 0.15) is 38.8 Å². The number of hydrogen-bond donors (Lipinski definition) is 0. The van der Waals surface area contributed by atoms with Crippen LogP contribution in [0.2, 0.25) is 0 Å². The minimum atomic E-state index is -0.0372. The molecule has 0 radical (unpaired) electrons. The van der Waals surface area contributed by atoms with Gasteiger partial charge in [-0.1, -0.05) is 137 Å². The van der Waals surface area contributed by atoms with Crippen molar-refractivity contribution in [3.05, 3.63) is 139 Å². The zero-order chi connectivity index (χ0) is 33.8. The van der Waals surface area contributed by atoms with Gasteiger partial charge in [-0.25, -0.2) is 15.0 Å². The van der Waals surface area contributed by atoms with Gasteiger partial charge < -0.3 is 4.42 Å². The number of hydrogen-bond acceptors (Lipinski definition) is 5. The Hall–Kier alpha value is -5.65. The molecule has 240 valence electrons. The predicted octanol–water partition coefficient (Wildman–Crippen LogP) is 12.4. The summed E-state index contributed by atoms with van der Waals surface area (Å²) in [5, 5.41) is 4.60. The number of rotatable bonds is 3. The molecule has 10 rings (SSSR count). The fraction of sp³-hybridized carbons (Fsp3) is 0.133. The zero-order valence-corrected chi connectivity index (χ0v) is 29.1. The molecule has 4 nitrogen and oxygen atoms in total. The molecule has 0 saturated heterocycles. The third kappa shape index (κ3) is 4.07. The number of aromatic nitrogens is 3. The van der Waals surface area contributed by atoms with E-state index in [0.717, 1.165) is 38.6 Å². The van der Waals surface area contributed by atoms with Crippen molar-refractivity contribution in [2.75, 3.05) is 0 Å². The first-order chi connectivity index (χ1) is 24.3. The molecule has 3 heterocycles. The van der Waals surface area contributed by atoms with Crippen LogP contribution in [0.5, 0.6) is 0 Å². The lowest BCUT2D eigenvalue weighted by Crippen LogP contribution is -2.43. The van der Waals surface area contributed by atoms with E-state index in [2.05, 4.69) is 107 Å². The Balaban J connectivity index is 1.19. The topological polar surface area (TPSA) is 51.8 Å². The third-order valence-corrected chi connectivity index (χ3v) is 12.5. The predicted molar refractivity (Wildman–Crippen MR) is 208 cm³/mol. The molecule has 1 aliphatic carbocycles. The van der Waals surface area contributed by atoms with Crippen molar-refractivity contribution < 1.29 is 4.42 Å². The van der Waals surface area contributed by atoms with E-state index in [-0.39, 0.29) is 10.8 Å². The number of furan rings is 1. The van der Waals surface area contributed by atoms with Crippen molar-refractivity contribution in [2.45, 2.75) is 38.5 Å². The van der Waals surface area contributed by atoms with Crippen LogP contribution in [0, 0.1) is 0 Å². The van der Waals surface area contributed by atoms with Crippen molar-refractivity contribution in [3.8, 4) is 45.3 Å². The maximum absolute atomic E-state index is 6.24. The first kappa shape index (κ1) is 29.3. The minimum Gasteiger partial charge on any atom is -0.456 e. The standard InChI is InChI=1S/C45H33N3OS/c1-44(2)33-18-10-8-15-30(33)39-34(45(44,3)4)24-23-29-28-22-21-27(25-37(28)50-40(29)39)42-46-41(26-13-6-5-7-14-26)47-43(48-42)32-17-12-20-36-38(32)31-16-9-11-19-35(31)49-36/h5-25H,1-4H3. The van der Waals surface area contributed by atoms with E-state index < -0.39 is 0 Å². The Morgan fingerprint density at radius 1 is 0.500 bits per heavy atom. The summed E-state index contributed by atoms with van der Waals surface area (Å²) in [5.74, 6) is 1.91. The minimum absolute atomic E-state index is 0.00590. The summed E-state index contributed by atoms with van der Waals surface area (Å²) in [7, 11) is 0. The van der Waals surface area contributed by atoms with Gasteiger partial charge in [0.1, 0.15) is 11.2 Å². The highest BCUT2D eigenvalue weighted by molar-refractivity contribution is 7.26. The van der Waals surface area contributed by atoms with Gasteiger partial charge in [-0.15, -0.1) is 11.3 Å². The van der Waals surface area contributed by atoms with E-state index in [0.29, 0.717) is 17.5 Å². The van der Waals surface area contributed by atoms with Crippen molar-refractivity contribution in [1.82, 2.24) is 15.0 Å². The van der Waals surface area contributed by atoms with Crippen LogP contribution in [0.15, 0.2) is 132 Å². The fourth-order valence-electron chi connectivity index (χ4n) is 7.99. The van der Waals surface area contributed by atoms with E-state index in [1.165, 1.54) is 42.4 Å². The van der Waals surface area contributed by atoms with Gasteiger partial charge in [-0.05, 0) is 45.7 Å². The Labute approximate surface area is 294 Å². The van der Waals surface area contributed by atoms with Crippen molar-refractivity contribution in [1.29, 1.82) is 0 Å². The van der Waals surface area contributed by atoms with E-state index in [1.54, 1.807) is 0 Å². The molecule has 1 aliphatic rings. The second-order valence-electron chi connectivity index (χ2n) is 14.4. The maximum atomic E-state index is 6.24. The summed E-state index contributed by atoms with van der Waals surface area (Å²) < 4.78 is 8.80. The summed E-state index contributed by atoms with van der Waals surface area (Å²) in [6, 6.07) is 44.8. The highest BCUT2D eigenvalue weighted by Gasteiger charge is 2.46. The van der Waals surface area contributed by atoms with Gasteiger partial charge in [0.2, 0.25) is 0 Å². The van der Waals surface area contributed by atoms with Gasteiger partial charge in [0.15, 0.2) is 17.5 Å². The average Bonchev–Trinajstić information content (AvgIpc) is 3.72. The van der Waals surface area contributed by atoms with Crippen molar-refractivity contribution >= 4 is 53.4 Å². The highest BCUT2D eigenvalue weighted by atomic mass is 32.1. The van der Waals surface area contributed by atoms with Crippen molar-refractivity contribution in [3.63, 3.8) is 0 Å². The fourth-order valence-corrected chi connectivity index (χ4v) is 9.29. The lowest BCUT2D eigenvalue weighted by molar-refractivity contribution is 0.299. The Bertz CT molecular complexity index is 2820. The van der Waals surface area contributed by atoms with Gasteiger partial charge in [0.05, 0.1) is 0 Å². The molecule has 3 aromatic heterocycles. The number of thiophene rings is 1. The lowest BCUT2D eigenvalue weighted by Gasteiger charge is -2.48. The molecule has 50 heavy (non-hydrogen) atoms. The van der Waals surface area contributed by atoms with Crippen LogP contribution in [-0.2, 0) is 10.8 Å². The molecule has 6 aromatic carbocycles. The van der Waals surface area contributed by atoms with Gasteiger partial charge in [0, 0.05) is 53.2 Å². The van der Waals surface area contributed by atoms with Crippen LogP contribution in [0.25, 0.3) is 87.4 Å². The molecular weight excluding hydrogens is 631 g/mol. The second-order valence-corrected chi connectivity index (χ2v) is 15.5. The number of fused-ring (bicyclic) bond motifs is 10. The lowest BCUT2D eigenvalue weighted by atomic mass is 9.55. The Kier molecular flexibility index (Phi) is 6.11. The number of para-hydroxylation sites is 1. The van der Waals surface area contributed by atoms with Crippen LogP contribution in [0.4, 0.5) is 0 Å². The first-order valence-corrected chi connectivity index (χ1v) is 17.9. The average molecular weight is 664 g/mol. The van der Waals surface area contributed by atoms with Crippen LogP contribution >= 0.6 is 11.3 Å². The summed E-state index contributed by atoms with van der Waals surface area (Å²) in [5.41, 5.74) is 10.00. The molecule has 0 spiro atoms. The summed E-state index contributed by atoms with van der Waals surface area (Å²) >= 11 is 1.87. The molecule has 0 bridgehead atoms. The van der Waals surface area contributed by atoms with E-state index >= 15 is 0 Å². The van der Waals surface area contributed by atoms with E-state index in [9.17, 15) is 0 Å². The van der Waals surface area contributed by atoms with Crippen LogP contribution in [0.3, 0.4) is 0 Å². The first-order valence-electron chi connectivity index (χ1n) is 17.1. The smallest absolute Gasteiger partial charge is 0.164 e. The van der Waals surface area contributed by atoms with Gasteiger partial charge in [0.25, 0.3) is 0 Å². The van der Waals surface area contributed by atoms with Crippen LogP contribution in [-0.4, -0.2) is 15.0 Å². The van der Waals surface area contributed by atoms with Gasteiger partial charge >= 0.3 is 0 Å². The highest BCUT2D eigenvalue weighted by Crippen LogP contribution is 2.57. The molecular formula is C45H33N3OS. The molecule has 0 N–H and O–H groups in total. The molecule has 5 heteroatoms. The monoisotopic (exact) mass is 663 g/mol. The van der Waals surface area contributed by atoms with E-state index in [1.807, 2.05) is 59.9 Å². The number of nitrogens with zero attached hydrogens (tertiary/aromatic N) is 3. The van der Waals surface area contributed by atoms with Crippen LogP contribution < -0.4 is 0 Å². The van der Waals surface area contributed by atoms with Gasteiger partial charge in [-0.2, -0.15) is 0 Å². The molecule has 0 fully saturated rings. The Morgan fingerprint density at radius 3 is 2.02 bits per heavy atom. The normalized spacial score (nSPS) is 14.7. The molecule has 0 saturated carbocycles. The molecule has 0 amide bonds. The maximum Gasteiger partial charge on any atom is 0.164 e. The molecule has 0 aliphatic heterocycles. The second kappa shape index (κ2) is 10.4. The zero-order valence-electron chi connectivity index (χ0n) is 28.3. The SMILES string of the molecule is CC1(C)c2ccccc2-c2c(ccc3c2sc2cc(-c4nc(-c5ccccc5)nc(-c5cccc6oc7ccccc7c56)n4)ccc23)C1(C)C. The largest absolute Gasteiger partial charge is 0.456 e. The van der Waals surface area contributed by atoms with E-state index in [4.69, 9.17) is 19.4 Å². The van der Waals surface area contributed by atoms with Crippen molar-refractivity contribution in [2.24, 2.45) is 0 Å². The third-order valence-electron chi connectivity index (χ3n) is 11.3. The quantitative estimate of drug-likeness (QED) is 0.189. The summed E-state index contributed by atoms with van der Waals surface area (Å²) in [4.78, 5) is 15.3. The summed E-state index contributed by atoms with van der Waals surface area (Å²) in [6.07, 6.45) is 0.